The fraction of sp³-hybridized carbons (Fsp3) is 0.500. The molecule has 0 saturated heterocycles. The van der Waals surface area contributed by atoms with Crippen molar-refractivity contribution in [2.24, 2.45) is 0 Å². The van der Waals surface area contributed by atoms with E-state index in [1.165, 1.54) is 5.56 Å². The number of hydrogen-bond acceptors (Lipinski definition) is 2. The van der Waals surface area contributed by atoms with E-state index in [2.05, 4.69) is 67.9 Å². The van der Waals surface area contributed by atoms with Gasteiger partial charge in [0.25, 0.3) is 0 Å². The molecule has 0 bridgehead atoms. The minimum absolute atomic E-state index is 0.117. The third-order valence-electron chi connectivity index (χ3n) is 3.15. The van der Waals surface area contributed by atoms with Crippen molar-refractivity contribution >= 4 is 0 Å². The Morgan fingerprint density at radius 1 is 1.28 bits per heavy atom. The van der Waals surface area contributed by atoms with Gasteiger partial charge in [-0.1, -0.05) is 36.4 Å². The van der Waals surface area contributed by atoms with Crippen molar-refractivity contribution in [1.29, 1.82) is 0 Å². The van der Waals surface area contributed by atoms with Crippen molar-refractivity contribution in [1.82, 2.24) is 10.2 Å². The third-order valence-corrected chi connectivity index (χ3v) is 3.15. The highest BCUT2D eigenvalue weighted by atomic mass is 15.2. The minimum atomic E-state index is 0.117. The summed E-state index contributed by atoms with van der Waals surface area (Å²) in [5.41, 5.74) is 1.47. The lowest BCUT2D eigenvalue weighted by atomic mass is 9.97. The van der Waals surface area contributed by atoms with Crippen LogP contribution in [-0.2, 0) is 0 Å². The lowest BCUT2D eigenvalue weighted by molar-refractivity contribution is 0.0963. The molecule has 0 fully saturated rings. The topological polar surface area (TPSA) is 15.3 Å². The average Bonchev–Trinajstić information content (AvgIpc) is 2.33. The van der Waals surface area contributed by atoms with E-state index in [1.807, 2.05) is 13.1 Å². The molecule has 18 heavy (non-hydrogen) atoms. The van der Waals surface area contributed by atoms with E-state index in [0.717, 1.165) is 13.1 Å². The molecule has 0 aliphatic rings. The van der Waals surface area contributed by atoms with Crippen molar-refractivity contribution in [2.45, 2.75) is 32.4 Å². The zero-order valence-electron chi connectivity index (χ0n) is 12.1. The van der Waals surface area contributed by atoms with Crippen LogP contribution in [0.3, 0.4) is 0 Å². The van der Waals surface area contributed by atoms with Gasteiger partial charge in [-0.2, -0.15) is 0 Å². The monoisotopic (exact) mass is 246 g/mol. The van der Waals surface area contributed by atoms with E-state index in [4.69, 9.17) is 0 Å². The highest BCUT2D eigenvalue weighted by molar-refractivity contribution is 5.20. The Morgan fingerprint density at radius 3 is 2.33 bits per heavy atom. The molecule has 0 aliphatic heterocycles. The van der Waals surface area contributed by atoms with Crippen LogP contribution in [0.2, 0.25) is 0 Å². The van der Waals surface area contributed by atoms with Crippen molar-refractivity contribution in [3.05, 3.63) is 48.6 Å². The van der Waals surface area contributed by atoms with Gasteiger partial charge in [0.1, 0.15) is 0 Å². The number of nitrogens with one attached hydrogen (secondary N) is 1. The predicted molar refractivity (Wildman–Crippen MR) is 79.8 cm³/mol. The van der Waals surface area contributed by atoms with Crippen molar-refractivity contribution in [3.63, 3.8) is 0 Å². The molecule has 0 amide bonds. The predicted octanol–water partition coefficient (Wildman–Crippen LogP) is 3.23. The van der Waals surface area contributed by atoms with Crippen LogP contribution in [0.15, 0.2) is 43.0 Å². The van der Waals surface area contributed by atoms with Gasteiger partial charge in [-0.25, -0.2) is 0 Å². The molecule has 0 heterocycles. The number of likely N-dealkylation sites (N-methyl/N-ethyl adjacent to an activating group) is 1. The Morgan fingerprint density at radius 2 is 1.89 bits per heavy atom. The van der Waals surface area contributed by atoms with Gasteiger partial charge in [-0.05, 0) is 33.4 Å². The molecular weight excluding hydrogens is 220 g/mol. The molecule has 2 nitrogen and oxygen atoms in total. The summed E-state index contributed by atoms with van der Waals surface area (Å²) in [7, 11) is 2.00. The van der Waals surface area contributed by atoms with E-state index >= 15 is 0 Å². The number of rotatable bonds is 6. The average molecular weight is 246 g/mol. The summed E-state index contributed by atoms with van der Waals surface area (Å²) in [4.78, 5) is 2.48. The minimum Gasteiger partial charge on any atom is -0.318 e. The summed E-state index contributed by atoms with van der Waals surface area (Å²) >= 11 is 0. The molecule has 0 radical (unpaired) electrons. The van der Waals surface area contributed by atoms with E-state index in [1.54, 1.807) is 0 Å². The van der Waals surface area contributed by atoms with Crippen molar-refractivity contribution in [2.75, 3.05) is 20.1 Å². The Kier molecular flexibility index (Phi) is 5.57. The van der Waals surface area contributed by atoms with Gasteiger partial charge in [-0.3, -0.25) is 4.90 Å². The zero-order chi connectivity index (χ0) is 13.6. The van der Waals surface area contributed by atoms with Gasteiger partial charge < -0.3 is 5.32 Å². The van der Waals surface area contributed by atoms with Gasteiger partial charge in [0.05, 0.1) is 0 Å². The SMILES string of the molecule is C=CCN(C(CNC)c1ccccc1)C(C)(C)C. The lowest BCUT2D eigenvalue weighted by Crippen LogP contribution is -2.46. The molecule has 1 rings (SSSR count). The second-order valence-electron chi connectivity index (χ2n) is 5.60. The highest BCUT2D eigenvalue weighted by Crippen LogP contribution is 2.27. The van der Waals surface area contributed by atoms with E-state index in [0.29, 0.717) is 6.04 Å². The lowest BCUT2D eigenvalue weighted by Gasteiger charge is -2.41. The normalized spacial score (nSPS) is 13.6. The highest BCUT2D eigenvalue weighted by Gasteiger charge is 2.28. The van der Waals surface area contributed by atoms with Gasteiger partial charge in [0.2, 0.25) is 0 Å². The molecule has 100 valence electrons. The maximum Gasteiger partial charge on any atom is 0.0481 e. The molecule has 1 atom stereocenters. The molecule has 0 aromatic heterocycles. The molecular formula is C16H26N2. The quantitative estimate of drug-likeness (QED) is 0.775. The van der Waals surface area contributed by atoms with E-state index < -0.39 is 0 Å². The third kappa shape index (κ3) is 3.97. The van der Waals surface area contributed by atoms with E-state index in [-0.39, 0.29) is 5.54 Å². The summed E-state index contributed by atoms with van der Waals surface area (Å²) in [6, 6.07) is 11.0. The standard InChI is InChI=1S/C16H26N2/c1-6-12-18(16(2,3)4)15(13-17-5)14-10-8-7-9-11-14/h6-11,15,17H,1,12-13H2,2-5H3. The zero-order valence-corrected chi connectivity index (χ0v) is 12.1. The van der Waals surface area contributed by atoms with Crippen LogP contribution in [0.5, 0.6) is 0 Å². The maximum atomic E-state index is 3.89. The van der Waals surface area contributed by atoms with Crippen LogP contribution < -0.4 is 5.32 Å². The molecule has 0 aliphatic carbocycles. The molecule has 0 spiro atoms. The number of hydrogen-bond donors (Lipinski definition) is 1. The first-order chi connectivity index (χ1) is 8.50. The Balaban J connectivity index is 3.04. The summed E-state index contributed by atoms with van der Waals surface area (Å²) in [5.74, 6) is 0. The first-order valence-electron chi connectivity index (χ1n) is 6.58. The molecule has 1 unspecified atom stereocenters. The first kappa shape index (κ1) is 14.9. The van der Waals surface area contributed by atoms with Crippen molar-refractivity contribution < 1.29 is 0 Å². The molecule has 0 saturated carbocycles. The van der Waals surface area contributed by atoms with Crippen LogP contribution in [0.25, 0.3) is 0 Å². The van der Waals surface area contributed by atoms with Crippen LogP contribution in [0, 0.1) is 0 Å². The summed E-state index contributed by atoms with van der Waals surface area (Å²) in [5, 5.41) is 3.30. The Bertz CT molecular complexity index is 351. The molecule has 1 N–H and O–H groups in total. The van der Waals surface area contributed by atoms with Crippen LogP contribution in [0.4, 0.5) is 0 Å². The summed E-state index contributed by atoms with van der Waals surface area (Å²) in [6.45, 7) is 12.5. The largest absolute Gasteiger partial charge is 0.318 e. The Hall–Kier alpha value is -1.12. The molecule has 2 heteroatoms. The molecule has 1 aromatic carbocycles. The second kappa shape index (κ2) is 6.72. The van der Waals surface area contributed by atoms with E-state index in [9.17, 15) is 0 Å². The number of nitrogens with zero attached hydrogens (tertiary/aromatic N) is 1. The van der Waals surface area contributed by atoms with Gasteiger partial charge >= 0.3 is 0 Å². The second-order valence-corrected chi connectivity index (χ2v) is 5.60. The van der Waals surface area contributed by atoms with Gasteiger partial charge in [0.15, 0.2) is 0 Å². The summed E-state index contributed by atoms with van der Waals surface area (Å²) < 4.78 is 0. The fourth-order valence-corrected chi connectivity index (χ4v) is 2.28. The maximum absolute atomic E-state index is 3.89. The van der Waals surface area contributed by atoms with Crippen molar-refractivity contribution in [3.8, 4) is 0 Å². The smallest absolute Gasteiger partial charge is 0.0481 e. The fourth-order valence-electron chi connectivity index (χ4n) is 2.28. The van der Waals surface area contributed by atoms with Crippen LogP contribution in [-0.4, -0.2) is 30.6 Å². The number of benzene rings is 1. The van der Waals surface area contributed by atoms with Crippen LogP contribution >= 0.6 is 0 Å². The van der Waals surface area contributed by atoms with Crippen LogP contribution in [0.1, 0.15) is 32.4 Å². The Labute approximate surface area is 112 Å². The summed E-state index contributed by atoms with van der Waals surface area (Å²) in [6.07, 6.45) is 1.98. The van der Waals surface area contributed by atoms with Gasteiger partial charge in [-0.15, -0.1) is 6.58 Å². The first-order valence-corrected chi connectivity index (χ1v) is 6.58. The van der Waals surface area contributed by atoms with Gasteiger partial charge in [0, 0.05) is 24.7 Å². The molecule has 1 aromatic rings.